The average molecular weight is 173 g/mol. The van der Waals surface area contributed by atoms with Crippen LogP contribution in [0, 0.1) is 0 Å². The molecule has 1 fully saturated rings. The summed E-state index contributed by atoms with van der Waals surface area (Å²) in [5, 5.41) is 1.70. The molecule has 1 heterocycles. The zero-order valence-electron chi connectivity index (χ0n) is 7.32. The van der Waals surface area contributed by atoms with E-state index in [0.717, 1.165) is 13.1 Å². The first-order valence-electron chi connectivity index (χ1n) is 4.15. The van der Waals surface area contributed by atoms with Gasteiger partial charge in [-0.3, -0.25) is 5.84 Å². The largest absolute Gasteiger partial charge is 0.450 e. The number of hydrogen-bond acceptors (Lipinski definition) is 4. The first kappa shape index (κ1) is 9.28. The number of carbonyl (C=O) groups excluding carboxylic acids is 1. The van der Waals surface area contributed by atoms with Crippen LogP contribution in [0.5, 0.6) is 0 Å². The van der Waals surface area contributed by atoms with Gasteiger partial charge in [0.25, 0.3) is 0 Å². The summed E-state index contributed by atoms with van der Waals surface area (Å²) < 4.78 is 4.84. The Bertz CT molecular complexity index is 155. The molecular weight excluding hydrogens is 158 g/mol. The number of nitrogens with two attached hydrogens (primary N) is 1. The van der Waals surface area contributed by atoms with Crippen molar-refractivity contribution >= 4 is 6.09 Å². The van der Waals surface area contributed by atoms with Crippen LogP contribution in [0.25, 0.3) is 0 Å². The van der Waals surface area contributed by atoms with Crippen LogP contribution in [-0.4, -0.2) is 48.8 Å². The minimum absolute atomic E-state index is 0.231. The molecule has 0 spiro atoms. The highest BCUT2D eigenvalue weighted by atomic mass is 16.6. The van der Waals surface area contributed by atoms with Crippen LogP contribution in [0.15, 0.2) is 0 Å². The van der Waals surface area contributed by atoms with Crippen molar-refractivity contribution in [2.75, 3.05) is 32.8 Å². The van der Waals surface area contributed by atoms with E-state index in [0.29, 0.717) is 19.7 Å². The zero-order valence-corrected chi connectivity index (χ0v) is 7.32. The Morgan fingerprint density at radius 3 is 2.50 bits per heavy atom. The molecule has 0 aromatic rings. The molecule has 1 aliphatic rings. The van der Waals surface area contributed by atoms with Gasteiger partial charge in [-0.2, -0.15) is 0 Å². The average Bonchev–Trinajstić information content (AvgIpc) is 2.06. The fourth-order valence-corrected chi connectivity index (χ4v) is 1.12. The minimum Gasteiger partial charge on any atom is -0.450 e. The molecule has 0 bridgehead atoms. The van der Waals surface area contributed by atoms with Gasteiger partial charge in [0, 0.05) is 26.2 Å². The number of rotatable bonds is 1. The van der Waals surface area contributed by atoms with Crippen molar-refractivity contribution in [1.82, 2.24) is 9.91 Å². The van der Waals surface area contributed by atoms with Crippen LogP contribution in [0.3, 0.4) is 0 Å². The first-order valence-corrected chi connectivity index (χ1v) is 4.15. The van der Waals surface area contributed by atoms with Gasteiger partial charge in [-0.25, -0.2) is 9.80 Å². The van der Waals surface area contributed by atoms with Crippen LogP contribution >= 0.6 is 0 Å². The van der Waals surface area contributed by atoms with Crippen LogP contribution < -0.4 is 5.84 Å². The Morgan fingerprint density at radius 2 is 2.00 bits per heavy atom. The number of piperazine rings is 1. The highest BCUT2D eigenvalue weighted by Gasteiger charge is 2.19. The van der Waals surface area contributed by atoms with Gasteiger partial charge in [0.15, 0.2) is 0 Å². The molecule has 12 heavy (non-hydrogen) atoms. The topological polar surface area (TPSA) is 58.8 Å². The van der Waals surface area contributed by atoms with Crippen LogP contribution in [0.2, 0.25) is 0 Å². The first-order chi connectivity index (χ1) is 5.74. The molecule has 70 valence electrons. The van der Waals surface area contributed by atoms with E-state index in [1.807, 2.05) is 0 Å². The highest BCUT2D eigenvalue weighted by Crippen LogP contribution is 1.99. The third-order valence-corrected chi connectivity index (χ3v) is 1.84. The van der Waals surface area contributed by atoms with Crippen LogP contribution in [0.1, 0.15) is 6.92 Å². The zero-order chi connectivity index (χ0) is 8.97. The molecule has 0 unspecified atom stereocenters. The number of amides is 1. The van der Waals surface area contributed by atoms with Gasteiger partial charge >= 0.3 is 6.09 Å². The third-order valence-electron chi connectivity index (χ3n) is 1.84. The second kappa shape index (κ2) is 4.27. The lowest BCUT2D eigenvalue weighted by Gasteiger charge is -2.30. The second-order valence-electron chi connectivity index (χ2n) is 2.72. The van der Waals surface area contributed by atoms with E-state index in [-0.39, 0.29) is 6.09 Å². The van der Waals surface area contributed by atoms with Crippen LogP contribution in [0.4, 0.5) is 4.79 Å². The van der Waals surface area contributed by atoms with Crippen molar-refractivity contribution < 1.29 is 9.53 Å². The van der Waals surface area contributed by atoms with Gasteiger partial charge in [-0.15, -0.1) is 0 Å². The smallest absolute Gasteiger partial charge is 0.409 e. The van der Waals surface area contributed by atoms with Crippen molar-refractivity contribution in [2.45, 2.75) is 6.92 Å². The third kappa shape index (κ3) is 2.35. The molecule has 1 rings (SSSR count). The summed E-state index contributed by atoms with van der Waals surface area (Å²) in [5.41, 5.74) is 0. The summed E-state index contributed by atoms with van der Waals surface area (Å²) in [6.45, 7) is 5.00. The van der Waals surface area contributed by atoms with Crippen LogP contribution in [-0.2, 0) is 4.74 Å². The monoisotopic (exact) mass is 173 g/mol. The Labute approximate surface area is 72.0 Å². The Morgan fingerprint density at radius 1 is 1.42 bits per heavy atom. The molecule has 1 aliphatic heterocycles. The molecule has 1 amide bonds. The number of nitrogens with zero attached hydrogens (tertiary/aromatic N) is 2. The predicted octanol–water partition coefficient (Wildman–Crippen LogP) is -0.366. The summed E-state index contributed by atoms with van der Waals surface area (Å²) in [6, 6.07) is 0. The lowest BCUT2D eigenvalue weighted by molar-refractivity contribution is 0.0799. The molecule has 0 atom stereocenters. The van der Waals surface area contributed by atoms with Crippen molar-refractivity contribution in [2.24, 2.45) is 5.84 Å². The van der Waals surface area contributed by atoms with E-state index in [1.54, 1.807) is 16.8 Å². The van der Waals surface area contributed by atoms with E-state index in [1.165, 1.54) is 0 Å². The Kier molecular flexibility index (Phi) is 3.31. The van der Waals surface area contributed by atoms with E-state index in [9.17, 15) is 4.79 Å². The standard InChI is InChI=1S/C7H15N3O2/c1-2-12-7(11)9-3-5-10(8)6-4-9/h2-6,8H2,1H3. The molecule has 0 aromatic carbocycles. The normalized spacial score (nSPS) is 19.3. The van der Waals surface area contributed by atoms with E-state index in [2.05, 4.69) is 0 Å². The van der Waals surface area contributed by atoms with Gasteiger partial charge in [0.1, 0.15) is 0 Å². The van der Waals surface area contributed by atoms with Gasteiger partial charge in [-0.1, -0.05) is 0 Å². The number of carbonyl (C=O) groups is 1. The molecule has 0 aromatic heterocycles. The van der Waals surface area contributed by atoms with Gasteiger partial charge in [0.05, 0.1) is 6.61 Å². The van der Waals surface area contributed by atoms with Crippen molar-refractivity contribution in [1.29, 1.82) is 0 Å². The summed E-state index contributed by atoms with van der Waals surface area (Å²) >= 11 is 0. The Hall–Kier alpha value is -0.810. The fourth-order valence-electron chi connectivity index (χ4n) is 1.12. The molecule has 2 N–H and O–H groups in total. The summed E-state index contributed by atoms with van der Waals surface area (Å²) in [6.07, 6.45) is -0.231. The number of ether oxygens (including phenoxy) is 1. The summed E-state index contributed by atoms with van der Waals surface area (Å²) in [5.74, 6) is 5.53. The maximum atomic E-state index is 11.1. The number of hydrazine groups is 1. The van der Waals surface area contributed by atoms with Gasteiger partial charge < -0.3 is 9.64 Å². The van der Waals surface area contributed by atoms with Crippen molar-refractivity contribution in [3.8, 4) is 0 Å². The highest BCUT2D eigenvalue weighted by molar-refractivity contribution is 5.67. The fraction of sp³-hybridized carbons (Fsp3) is 0.857. The molecule has 0 saturated carbocycles. The molecular formula is C7H15N3O2. The Balaban J connectivity index is 2.29. The molecule has 5 heteroatoms. The van der Waals surface area contributed by atoms with Crippen molar-refractivity contribution in [3.63, 3.8) is 0 Å². The molecule has 0 radical (unpaired) electrons. The molecule has 5 nitrogen and oxygen atoms in total. The lowest BCUT2D eigenvalue weighted by atomic mass is 10.4. The molecule has 1 saturated heterocycles. The van der Waals surface area contributed by atoms with E-state index in [4.69, 9.17) is 10.6 Å². The van der Waals surface area contributed by atoms with Gasteiger partial charge in [0.2, 0.25) is 0 Å². The van der Waals surface area contributed by atoms with Gasteiger partial charge in [-0.05, 0) is 6.92 Å². The summed E-state index contributed by atoms with van der Waals surface area (Å²) in [7, 11) is 0. The second-order valence-corrected chi connectivity index (χ2v) is 2.72. The molecule has 0 aliphatic carbocycles. The lowest BCUT2D eigenvalue weighted by Crippen LogP contribution is -2.51. The van der Waals surface area contributed by atoms with E-state index >= 15 is 0 Å². The minimum atomic E-state index is -0.231. The van der Waals surface area contributed by atoms with E-state index < -0.39 is 0 Å². The quantitative estimate of drug-likeness (QED) is 0.550. The maximum absolute atomic E-state index is 11.1. The van der Waals surface area contributed by atoms with Crippen molar-refractivity contribution in [3.05, 3.63) is 0 Å². The summed E-state index contributed by atoms with van der Waals surface area (Å²) in [4.78, 5) is 12.8. The SMILES string of the molecule is CCOC(=O)N1CCN(N)CC1. The predicted molar refractivity (Wildman–Crippen MR) is 44.4 cm³/mol. The maximum Gasteiger partial charge on any atom is 0.409 e. The number of hydrogen-bond donors (Lipinski definition) is 1.